The lowest BCUT2D eigenvalue weighted by atomic mass is 9.45. The number of hydrogen-bond acceptors (Lipinski definition) is 3. The van der Waals surface area contributed by atoms with E-state index in [9.17, 15) is 23.1 Å². The third kappa shape index (κ3) is 4.98. The number of alkyl halides is 3. The van der Waals surface area contributed by atoms with Crippen molar-refractivity contribution in [1.82, 2.24) is 0 Å². The van der Waals surface area contributed by atoms with Crippen molar-refractivity contribution in [3.05, 3.63) is 11.6 Å². The first-order valence-electron chi connectivity index (χ1n) is 12.1. The minimum absolute atomic E-state index is 0.00621. The Balaban J connectivity index is 2.05. The molecule has 0 saturated heterocycles. The highest BCUT2D eigenvalue weighted by Gasteiger charge is 2.63. The number of ether oxygens (including phenoxy) is 1. The molecule has 184 valence electrons. The number of hydrogen-bond donors (Lipinski definition) is 1. The molecule has 8 atom stereocenters. The molecule has 0 amide bonds. The van der Waals surface area contributed by atoms with Crippen molar-refractivity contribution in [1.29, 1.82) is 0 Å². The van der Waals surface area contributed by atoms with Gasteiger partial charge in [0.1, 0.15) is 5.60 Å². The maximum Gasteiger partial charge on any atom is 0.490 e. The Labute approximate surface area is 192 Å². The van der Waals surface area contributed by atoms with E-state index in [0.717, 1.165) is 18.9 Å². The summed E-state index contributed by atoms with van der Waals surface area (Å²) in [5, 5.41) is 12.1. The molecule has 0 spiro atoms. The summed E-state index contributed by atoms with van der Waals surface area (Å²) in [6.07, 6.45) is 0.657. The summed E-state index contributed by atoms with van der Waals surface area (Å²) >= 11 is 0. The molecule has 3 aliphatic rings. The van der Waals surface area contributed by atoms with Crippen LogP contribution in [0.2, 0.25) is 25.7 Å². The first-order chi connectivity index (χ1) is 14.5. The maximum atomic E-state index is 13.1. The maximum absolute atomic E-state index is 13.1. The molecular formula is C25H41F3O3Si. The van der Waals surface area contributed by atoms with E-state index >= 15 is 0 Å². The van der Waals surface area contributed by atoms with E-state index in [-0.39, 0.29) is 23.7 Å². The first kappa shape index (κ1) is 25.8. The SMILES string of the molecule is CC(C)=C[C@H]1C[C@H](C)[C@H]2CC[C@@](C)(OC(=O)C(F)(F)F)[C@H]3CC[C@](O)(C[Si](C)(C)C)C1[C@H]23. The molecule has 0 aromatic carbocycles. The van der Waals surface area contributed by atoms with Gasteiger partial charge in [0.25, 0.3) is 0 Å². The van der Waals surface area contributed by atoms with Crippen molar-refractivity contribution in [2.24, 2.45) is 35.5 Å². The zero-order valence-electron chi connectivity index (χ0n) is 20.7. The van der Waals surface area contributed by atoms with Gasteiger partial charge in [0.2, 0.25) is 0 Å². The Morgan fingerprint density at radius 1 is 1.19 bits per heavy atom. The lowest BCUT2D eigenvalue weighted by Gasteiger charge is -2.63. The summed E-state index contributed by atoms with van der Waals surface area (Å²) in [5.41, 5.74) is -0.744. The lowest BCUT2D eigenvalue weighted by molar-refractivity contribution is -0.242. The summed E-state index contributed by atoms with van der Waals surface area (Å²) in [6.45, 7) is 14.9. The van der Waals surface area contributed by atoms with Gasteiger partial charge in [0, 0.05) is 14.0 Å². The number of aliphatic hydroxyl groups is 1. The molecule has 3 saturated carbocycles. The second-order valence-corrected chi connectivity index (χ2v) is 18.1. The zero-order chi connectivity index (χ0) is 24.3. The smallest absolute Gasteiger partial charge is 0.452 e. The van der Waals surface area contributed by atoms with Gasteiger partial charge in [-0.2, -0.15) is 13.2 Å². The van der Waals surface area contributed by atoms with Crippen LogP contribution in [0.4, 0.5) is 13.2 Å². The van der Waals surface area contributed by atoms with Gasteiger partial charge in [-0.25, -0.2) is 4.79 Å². The van der Waals surface area contributed by atoms with Crippen LogP contribution in [0.25, 0.3) is 0 Å². The normalized spacial score (nSPS) is 42.1. The van der Waals surface area contributed by atoms with Crippen LogP contribution in [-0.4, -0.2) is 36.5 Å². The van der Waals surface area contributed by atoms with E-state index in [2.05, 4.69) is 46.5 Å². The molecule has 3 rings (SSSR count). The van der Waals surface area contributed by atoms with E-state index < -0.39 is 31.4 Å². The molecule has 1 unspecified atom stereocenters. The predicted molar refractivity (Wildman–Crippen MR) is 123 cm³/mol. The molecular weight excluding hydrogens is 433 g/mol. The van der Waals surface area contributed by atoms with Gasteiger partial charge in [0.05, 0.1) is 5.60 Å². The van der Waals surface area contributed by atoms with Crippen LogP contribution >= 0.6 is 0 Å². The predicted octanol–water partition coefficient (Wildman–Crippen LogP) is 6.59. The van der Waals surface area contributed by atoms with Crippen LogP contribution in [0.1, 0.15) is 59.8 Å². The average molecular weight is 475 g/mol. The number of carbonyl (C=O) groups excluding carboxylic acids is 1. The molecule has 3 aliphatic carbocycles. The van der Waals surface area contributed by atoms with E-state index in [1.54, 1.807) is 6.92 Å². The van der Waals surface area contributed by atoms with Crippen molar-refractivity contribution in [2.75, 3.05) is 0 Å². The summed E-state index contributed by atoms with van der Waals surface area (Å²) in [4.78, 5) is 11.8. The first-order valence-corrected chi connectivity index (χ1v) is 15.9. The Kier molecular flexibility index (Phi) is 6.80. The lowest BCUT2D eigenvalue weighted by Crippen LogP contribution is -2.64. The summed E-state index contributed by atoms with van der Waals surface area (Å²) < 4.78 is 44.5. The third-order valence-corrected chi connectivity index (χ3v) is 10.1. The van der Waals surface area contributed by atoms with Gasteiger partial charge in [0.15, 0.2) is 0 Å². The zero-order valence-corrected chi connectivity index (χ0v) is 21.7. The number of allylic oxidation sites excluding steroid dienone is 2. The quantitative estimate of drug-likeness (QED) is 0.284. The molecule has 7 heteroatoms. The minimum Gasteiger partial charge on any atom is -0.452 e. The van der Waals surface area contributed by atoms with Crippen LogP contribution in [-0.2, 0) is 9.53 Å². The summed E-state index contributed by atoms with van der Waals surface area (Å²) in [6, 6.07) is 0.793. The van der Waals surface area contributed by atoms with Crippen molar-refractivity contribution in [3.63, 3.8) is 0 Å². The fraction of sp³-hybridized carbons (Fsp3) is 0.880. The van der Waals surface area contributed by atoms with E-state index in [1.165, 1.54) is 5.57 Å². The Hall–Kier alpha value is -0.823. The van der Waals surface area contributed by atoms with Gasteiger partial charge in [-0.1, -0.05) is 38.2 Å². The highest BCUT2D eigenvalue weighted by atomic mass is 28.3. The molecule has 32 heavy (non-hydrogen) atoms. The summed E-state index contributed by atoms with van der Waals surface area (Å²) in [5.74, 6) is -1.21. The van der Waals surface area contributed by atoms with Crippen LogP contribution in [0.15, 0.2) is 11.6 Å². The van der Waals surface area contributed by atoms with Gasteiger partial charge >= 0.3 is 12.1 Å². The highest BCUT2D eigenvalue weighted by molar-refractivity contribution is 6.76. The molecule has 0 aliphatic heterocycles. The van der Waals surface area contributed by atoms with Crippen molar-refractivity contribution in [2.45, 2.75) is 103 Å². The molecule has 0 aromatic rings. The van der Waals surface area contributed by atoms with Crippen LogP contribution in [0.5, 0.6) is 0 Å². The molecule has 0 aromatic heterocycles. The van der Waals surface area contributed by atoms with E-state index in [0.29, 0.717) is 31.1 Å². The molecule has 1 N–H and O–H groups in total. The number of carbonyl (C=O) groups is 1. The van der Waals surface area contributed by atoms with Gasteiger partial charge in [-0.05, 0) is 88.5 Å². The van der Waals surface area contributed by atoms with Crippen molar-refractivity contribution in [3.8, 4) is 0 Å². The van der Waals surface area contributed by atoms with Crippen molar-refractivity contribution >= 4 is 14.0 Å². The van der Waals surface area contributed by atoms with Gasteiger partial charge < -0.3 is 9.84 Å². The molecule has 0 bridgehead atoms. The van der Waals surface area contributed by atoms with Crippen molar-refractivity contribution < 1.29 is 27.8 Å². The fourth-order valence-electron chi connectivity index (χ4n) is 7.70. The molecule has 3 fully saturated rings. The second kappa shape index (κ2) is 8.44. The minimum atomic E-state index is -4.99. The largest absolute Gasteiger partial charge is 0.490 e. The Bertz CT molecular complexity index is 755. The Morgan fingerprint density at radius 2 is 1.81 bits per heavy atom. The standard InChI is InChI=1S/C25H41F3O3Si/c1-15(2)12-17-13-16(3)18-8-10-23(4,31-22(29)25(26,27)28)19-9-11-24(30,14-32(5,6)7)21(17)20(18)19/h12,16-21,30H,8-11,13-14H2,1-7H3/t16-,17-,18+,19-,20+,21?,23+,24-/m0/s1. The second-order valence-electron chi connectivity index (χ2n) is 12.6. The van der Waals surface area contributed by atoms with Gasteiger partial charge in [-0.3, -0.25) is 0 Å². The molecule has 0 heterocycles. The average Bonchev–Trinajstić information content (AvgIpc) is 2.57. The van der Waals surface area contributed by atoms with Gasteiger partial charge in [-0.15, -0.1) is 0 Å². The number of rotatable bonds is 4. The van der Waals surface area contributed by atoms with Crippen LogP contribution in [0, 0.1) is 35.5 Å². The number of esters is 1. The fourth-order valence-corrected chi connectivity index (χ4v) is 9.95. The highest BCUT2D eigenvalue weighted by Crippen LogP contribution is 2.63. The Morgan fingerprint density at radius 3 is 2.34 bits per heavy atom. The van der Waals surface area contributed by atoms with Crippen LogP contribution < -0.4 is 0 Å². The molecule has 0 radical (unpaired) electrons. The third-order valence-electron chi connectivity index (χ3n) is 8.42. The monoisotopic (exact) mass is 474 g/mol. The van der Waals surface area contributed by atoms with E-state index in [4.69, 9.17) is 4.74 Å². The molecule has 3 nitrogen and oxygen atoms in total. The van der Waals surface area contributed by atoms with Crippen LogP contribution in [0.3, 0.4) is 0 Å². The van der Waals surface area contributed by atoms with E-state index in [1.807, 2.05) is 0 Å². The topological polar surface area (TPSA) is 46.5 Å². The summed E-state index contributed by atoms with van der Waals surface area (Å²) in [7, 11) is -1.61. The number of halogens is 3.